The quantitative estimate of drug-likeness (QED) is 0.461. The fraction of sp³-hybridized carbons (Fsp3) is 0.346. The third-order valence-corrected chi connectivity index (χ3v) is 10.0. The van der Waals surface area contributed by atoms with E-state index in [0.29, 0.717) is 36.9 Å². The average molecular weight is 532 g/mol. The molecule has 1 saturated heterocycles. The van der Waals surface area contributed by atoms with Crippen molar-refractivity contribution in [2.45, 2.75) is 49.0 Å². The molecule has 1 fully saturated rings. The van der Waals surface area contributed by atoms with E-state index in [1.165, 1.54) is 22.6 Å². The summed E-state index contributed by atoms with van der Waals surface area (Å²) in [5, 5.41) is 2.69. The van der Waals surface area contributed by atoms with Gasteiger partial charge in [0.15, 0.2) is 14.9 Å². The van der Waals surface area contributed by atoms with Gasteiger partial charge >= 0.3 is 0 Å². The lowest BCUT2D eigenvalue weighted by atomic mass is 10.0. The third kappa shape index (κ3) is 5.93. The average Bonchev–Trinajstić information content (AvgIpc) is 2.84. The summed E-state index contributed by atoms with van der Waals surface area (Å²) in [5.74, 6) is -0.519. The molecule has 0 radical (unpaired) electrons. The van der Waals surface area contributed by atoms with Gasteiger partial charge in [-0.1, -0.05) is 30.3 Å². The summed E-state index contributed by atoms with van der Waals surface area (Å²) >= 11 is 0. The molecule has 0 spiro atoms. The molecule has 7 nitrogen and oxygen atoms in total. The molecule has 2 aromatic carbocycles. The minimum Gasteiger partial charge on any atom is -0.385 e. The molecular formula is C26H30FN3O4S2. The van der Waals surface area contributed by atoms with E-state index in [1.807, 2.05) is 37.3 Å². The molecular weight excluding hydrogens is 501 g/mol. The van der Waals surface area contributed by atoms with Gasteiger partial charge in [-0.05, 0) is 62.1 Å². The molecule has 1 aromatic heterocycles. The summed E-state index contributed by atoms with van der Waals surface area (Å²) < 4.78 is 66.5. The fourth-order valence-electron chi connectivity index (χ4n) is 4.43. The SMILES string of the molecule is CC1CCC(CCNc2ccccc2)S(=O)(=O)N1Cc1ccc(-c2ccc(S(C)(=O)=O)nc2)cc1F. The van der Waals surface area contributed by atoms with Crippen LogP contribution in [0.2, 0.25) is 0 Å². The van der Waals surface area contributed by atoms with Crippen molar-refractivity contribution in [3.8, 4) is 11.1 Å². The van der Waals surface area contributed by atoms with Crippen LogP contribution in [-0.4, -0.2) is 50.2 Å². The van der Waals surface area contributed by atoms with Crippen LogP contribution < -0.4 is 5.32 Å². The van der Waals surface area contributed by atoms with E-state index < -0.39 is 30.9 Å². The molecule has 1 aliphatic rings. The number of sulfone groups is 1. The number of aromatic nitrogens is 1. The highest BCUT2D eigenvalue weighted by Gasteiger charge is 2.39. The number of sulfonamides is 1. The number of rotatable bonds is 8. The summed E-state index contributed by atoms with van der Waals surface area (Å²) in [5.41, 5.74) is 2.33. The number of nitrogens with one attached hydrogen (secondary N) is 1. The van der Waals surface area contributed by atoms with Crippen LogP contribution >= 0.6 is 0 Å². The molecule has 4 rings (SSSR count). The monoisotopic (exact) mass is 531 g/mol. The van der Waals surface area contributed by atoms with E-state index in [0.717, 1.165) is 11.9 Å². The second-order valence-corrected chi connectivity index (χ2v) is 13.3. The number of pyridine rings is 1. The van der Waals surface area contributed by atoms with Gasteiger partial charge in [0, 0.05) is 48.4 Å². The van der Waals surface area contributed by atoms with Crippen LogP contribution in [0.5, 0.6) is 0 Å². The lowest BCUT2D eigenvalue weighted by Gasteiger charge is -2.37. The second-order valence-electron chi connectivity index (χ2n) is 9.18. The number of para-hydroxylation sites is 1. The Morgan fingerprint density at radius 2 is 1.78 bits per heavy atom. The Labute approximate surface area is 212 Å². The molecule has 2 unspecified atom stereocenters. The van der Waals surface area contributed by atoms with E-state index in [4.69, 9.17) is 0 Å². The molecule has 0 bridgehead atoms. The first kappa shape index (κ1) is 26.2. The van der Waals surface area contributed by atoms with Crippen LogP contribution in [0, 0.1) is 5.82 Å². The molecule has 1 N–H and O–H groups in total. The van der Waals surface area contributed by atoms with Crippen LogP contribution in [-0.2, 0) is 26.4 Å². The highest BCUT2D eigenvalue weighted by Crippen LogP contribution is 2.31. The minimum absolute atomic E-state index is 0.0382. The maximum absolute atomic E-state index is 15.1. The number of anilines is 1. The van der Waals surface area contributed by atoms with Gasteiger partial charge in [-0.15, -0.1) is 0 Å². The van der Waals surface area contributed by atoms with Gasteiger partial charge in [-0.25, -0.2) is 26.2 Å². The molecule has 192 valence electrons. The Morgan fingerprint density at radius 1 is 1.06 bits per heavy atom. The Kier molecular flexibility index (Phi) is 7.77. The van der Waals surface area contributed by atoms with Crippen molar-refractivity contribution in [3.05, 3.63) is 78.2 Å². The first-order chi connectivity index (χ1) is 17.1. The van der Waals surface area contributed by atoms with E-state index in [2.05, 4.69) is 10.3 Å². The van der Waals surface area contributed by atoms with Gasteiger partial charge in [-0.2, -0.15) is 4.31 Å². The molecule has 36 heavy (non-hydrogen) atoms. The number of hydrogen-bond acceptors (Lipinski definition) is 6. The normalized spacial score (nSPS) is 20.2. The maximum Gasteiger partial charge on any atom is 0.217 e. The fourth-order valence-corrected chi connectivity index (χ4v) is 7.15. The Bertz CT molecular complexity index is 1410. The zero-order valence-electron chi connectivity index (χ0n) is 20.3. The Balaban J connectivity index is 1.47. The van der Waals surface area contributed by atoms with Gasteiger partial charge in [0.1, 0.15) is 5.82 Å². The van der Waals surface area contributed by atoms with E-state index in [9.17, 15) is 16.8 Å². The molecule has 2 atom stereocenters. The molecule has 0 aliphatic carbocycles. The first-order valence-electron chi connectivity index (χ1n) is 11.8. The summed E-state index contributed by atoms with van der Waals surface area (Å²) in [4.78, 5) is 3.95. The third-order valence-electron chi connectivity index (χ3n) is 6.54. The lowest BCUT2D eigenvalue weighted by molar-refractivity contribution is 0.277. The predicted molar refractivity (Wildman–Crippen MR) is 139 cm³/mol. The van der Waals surface area contributed by atoms with Crippen molar-refractivity contribution in [1.82, 2.24) is 9.29 Å². The maximum atomic E-state index is 15.1. The van der Waals surface area contributed by atoms with Crippen molar-refractivity contribution in [1.29, 1.82) is 0 Å². The zero-order chi connectivity index (χ0) is 25.9. The summed E-state index contributed by atoms with van der Waals surface area (Å²) in [6, 6.07) is 17.0. The van der Waals surface area contributed by atoms with Gasteiger partial charge in [0.2, 0.25) is 10.0 Å². The van der Waals surface area contributed by atoms with Crippen LogP contribution in [0.4, 0.5) is 10.1 Å². The molecule has 0 saturated carbocycles. The minimum atomic E-state index is -3.60. The summed E-state index contributed by atoms with van der Waals surface area (Å²) in [7, 11) is -7.03. The summed E-state index contributed by atoms with van der Waals surface area (Å²) in [6.45, 7) is 2.35. The zero-order valence-corrected chi connectivity index (χ0v) is 21.9. The standard InChI is InChI=1S/C26H30FN3O4S2/c1-19-8-12-24(14-15-28-23-6-4-3-5-7-23)36(33,34)30(19)18-22-10-9-20(16-25(22)27)21-11-13-26(29-17-21)35(2,31)32/h3-7,9-11,13,16-17,19,24,28H,8,12,14-15,18H2,1-2H3. The van der Waals surface area contributed by atoms with Crippen molar-refractivity contribution in [2.24, 2.45) is 0 Å². The van der Waals surface area contributed by atoms with Crippen LogP contribution in [0.15, 0.2) is 71.9 Å². The Morgan fingerprint density at radius 3 is 2.42 bits per heavy atom. The molecule has 1 aliphatic heterocycles. The van der Waals surface area contributed by atoms with Gasteiger partial charge in [0.25, 0.3) is 0 Å². The molecule has 10 heteroatoms. The number of halogens is 1. The molecule has 2 heterocycles. The smallest absolute Gasteiger partial charge is 0.217 e. The van der Waals surface area contributed by atoms with E-state index >= 15 is 4.39 Å². The van der Waals surface area contributed by atoms with Crippen molar-refractivity contribution >= 4 is 25.5 Å². The summed E-state index contributed by atoms with van der Waals surface area (Å²) in [6.07, 6.45) is 4.22. The Hall–Kier alpha value is -2.82. The van der Waals surface area contributed by atoms with Gasteiger partial charge in [-0.3, -0.25) is 0 Å². The van der Waals surface area contributed by atoms with Crippen LogP contribution in [0.3, 0.4) is 0 Å². The van der Waals surface area contributed by atoms with E-state index in [-0.39, 0.29) is 23.2 Å². The number of benzene rings is 2. The topological polar surface area (TPSA) is 96.4 Å². The first-order valence-corrected chi connectivity index (χ1v) is 15.2. The van der Waals surface area contributed by atoms with Crippen LogP contribution in [0.25, 0.3) is 11.1 Å². The number of nitrogens with zero attached hydrogens (tertiary/aromatic N) is 2. The molecule has 0 amide bonds. The molecule has 3 aromatic rings. The van der Waals surface area contributed by atoms with Gasteiger partial charge < -0.3 is 5.32 Å². The van der Waals surface area contributed by atoms with Crippen molar-refractivity contribution in [2.75, 3.05) is 18.1 Å². The second kappa shape index (κ2) is 10.7. The highest BCUT2D eigenvalue weighted by atomic mass is 32.2. The highest BCUT2D eigenvalue weighted by molar-refractivity contribution is 7.90. The predicted octanol–water partition coefficient (Wildman–Crippen LogP) is 4.48. The van der Waals surface area contributed by atoms with E-state index in [1.54, 1.807) is 18.2 Å². The van der Waals surface area contributed by atoms with Crippen LogP contribution in [0.1, 0.15) is 31.7 Å². The number of hydrogen-bond donors (Lipinski definition) is 1. The van der Waals surface area contributed by atoms with Crippen molar-refractivity contribution in [3.63, 3.8) is 0 Å². The van der Waals surface area contributed by atoms with Gasteiger partial charge in [0.05, 0.1) is 5.25 Å². The largest absolute Gasteiger partial charge is 0.385 e. The lowest BCUT2D eigenvalue weighted by Crippen LogP contribution is -2.48. The van der Waals surface area contributed by atoms with Crippen molar-refractivity contribution < 1.29 is 21.2 Å².